The molecule has 5 rings (SSSR count). The fraction of sp³-hybridized carbons (Fsp3) is 0.130. The minimum Gasteiger partial charge on any atom is -0.282 e. The average molecular weight is 414 g/mol. The van der Waals surface area contributed by atoms with E-state index >= 15 is 0 Å². The van der Waals surface area contributed by atoms with Crippen molar-refractivity contribution < 1.29 is 4.79 Å². The van der Waals surface area contributed by atoms with Crippen LogP contribution in [0.25, 0.3) is 21.3 Å². The van der Waals surface area contributed by atoms with Crippen molar-refractivity contribution >= 4 is 43.6 Å². The third-order valence-electron chi connectivity index (χ3n) is 5.03. The van der Waals surface area contributed by atoms with Gasteiger partial charge in [-0.3, -0.25) is 9.69 Å². The molecule has 1 amide bonds. The third-order valence-corrected chi connectivity index (χ3v) is 6.07. The molecule has 0 fully saturated rings. The van der Waals surface area contributed by atoms with E-state index in [4.69, 9.17) is 4.98 Å². The van der Waals surface area contributed by atoms with Crippen LogP contribution in [0.15, 0.2) is 72.8 Å². The number of rotatable bonds is 5. The highest BCUT2D eigenvalue weighted by atomic mass is 32.1. The monoisotopic (exact) mass is 413 g/mol. The van der Waals surface area contributed by atoms with Crippen LogP contribution < -0.4 is 4.90 Å². The second-order valence-electron chi connectivity index (χ2n) is 7.12. The quantitative estimate of drug-likeness (QED) is 0.423. The van der Waals surface area contributed by atoms with E-state index in [-0.39, 0.29) is 12.5 Å². The summed E-state index contributed by atoms with van der Waals surface area (Å²) in [6.45, 7) is 2.59. The molecule has 30 heavy (non-hydrogen) atoms. The lowest BCUT2D eigenvalue weighted by atomic mass is 10.2. The Morgan fingerprint density at radius 2 is 1.80 bits per heavy atom. The number of hydrogen-bond donors (Lipinski definition) is 0. The number of para-hydroxylation sites is 2. The van der Waals surface area contributed by atoms with Gasteiger partial charge in [-0.15, -0.1) is 5.10 Å². The number of benzene rings is 3. The lowest BCUT2D eigenvalue weighted by Crippen LogP contribution is -2.33. The molecule has 0 bridgehead atoms. The van der Waals surface area contributed by atoms with Crippen LogP contribution in [-0.4, -0.2) is 25.9 Å². The number of nitrogens with zero attached hydrogens (tertiary/aromatic N) is 5. The van der Waals surface area contributed by atoms with Gasteiger partial charge in [0, 0.05) is 0 Å². The number of hydrogen-bond acceptors (Lipinski definition) is 5. The standard InChI is InChI=1S/C23H19N5OS/c1-16-8-7-13-20-22(16)24-23(30-20)27(14-17-9-3-2-4-10-17)21(29)15-28-19-12-6-5-11-18(19)25-26-28/h2-13H,14-15H2,1H3. The smallest absolute Gasteiger partial charge is 0.250 e. The Bertz CT molecular complexity index is 1340. The first-order valence-corrected chi connectivity index (χ1v) is 10.5. The van der Waals surface area contributed by atoms with E-state index in [0.717, 1.165) is 32.4 Å². The Balaban J connectivity index is 1.52. The topological polar surface area (TPSA) is 63.9 Å². The van der Waals surface area contributed by atoms with Gasteiger partial charge in [-0.1, -0.05) is 71.1 Å². The zero-order valence-electron chi connectivity index (χ0n) is 16.4. The van der Waals surface area contributed by atoms with E-state index in [1.54, 1.807) is 9.58 Å². The molecule has 0 saturated heterocycles. The number of aryl methyl sites for hydroxylation is 1. The predicted octanol–water partition coefficient (Wildman–Crippen LogP) is 4.58. The van der Waals surface area contributed by atoms with E-state index < -0.39 is 0 Å². The zero-order chi connectivity index (χ0) is 20.5. The van der Waals surface area contributed by atoms with Crippen LogP contribution in [0, 0.1) is 6.92 Å². The maximum atomic E-state index is 13.4. The van der Waals surface area contributed by atoms with Crippen molar-refractivity contribution in [3.05, 3.63) is 83.9 Å². The number of fused-ring (bicyclic) bond motifs is 2. The van der Waals surface area contributed by atoms with Gasteiger partial charge in [0.2, 0.25) is 0 Å². The van der Waals surface area contributed by atoms with Crippen LogP contribution in [0.2, 0.25) is 0 Å². The van der Waals surface area contributed by atoms with Gasteiger partial charge in [-0.2, -0.15) is 0 Å². The molecule has 2 aromatic heterocycles. The van der Waals surface area contributed by atoms with E-state index in [2.05, 4.69) is 10.3 Å². The summed E-state index contributed by atoms with van der Waals surface area (Å²) in [6.07, 6.45) is 0. The molecule has 0 unspecified atom stereocenters. The van der Waals surface area contributed by atoms with Gasteiger partial charge in [0.05, 0.1) is 22.3 Å². The van der Waals surface area contributed by atoms with Crippen LogP contribution >= 0.6 is 11.3 Å². The number of carbonyl (C=O) groups excluding carboxylic acids is 1. The van der Waals surface area contributed by atoms with Crippen molar-refractivity contribution in [3.63, 3.8) is 0 Å². The summed E-state index contributed by atoms with van der Waals surface area (Å²) in [5.41, 5.74) is 4.70. The van der Waals surface area contributed by atoms with E-state index in [1.807, 2.05) is 79.7 Å². The fourth-order valence-corrected chi connectivity index (χ4v) is 4.53. The highest BCUT2D eigenvalue weighted by molar-refractivity contribution is 7.22. The number of anilines is 1. The van der Waals surface area contributed by atoms with Gasteiger partial charge in [0.25, 0.3) is 5.91 Å². The lowest BCUT2D eigenvalue weighted by molar-refractivity contribution is -0.119. The van der Waals surface area contributed by atoms with Crippen LogP contribution in [0.1, 0.15) is 11.1 Å². The first kappa shape index (κ1) is 18.4. The largest absolute Gasteiger partial charge is 0.282 e. The highest BCUT2D eigenvalue weighted by Gasteiger charge is 2.22. The molecular weight excluding hydrogens is 394 g/mol. The van der Waals surface area contributed by atoms with Crippen LogP contribution in [-0.2, 0) is 17.9 Å². The van der Waals surface area contributed by atoms with E-state index in [0.29, 0.717) is 11.7 Å². The van der Waals surface area contributed by atoms with Gasteiger partial charge in [0.1, 0.15) is 12.1 Å². The number of thiazole rings is 1. The average Bonchev–Trinajstić information content (AvgIpc) is 3.38. The summed E-state index contributed by atoms with van der Waals surface area (Å²) in [4.78, 5) is 20.0. The number of aromatic nitrogens is 4. The second kappa shape index (κ2) is 7.68. The van der Waals surface area contributed by atoms with Crippen molar-refractivity contribution in [2.24, 2.45) is 0 Å². The Kier molecular flexibility index (Phi) is 4.72. The first-order valence-electron chi connectivity index (χ1n) is 9.68. The number of amides is 1. The van der Waals surface area contributed by atoms with Crippen molar-refractivity contribution in [1.82, 2.24) is 20.0 Å². The lowest BCUT2D eigenvalue weighted by Gasteiger charge is -2.20. The molecule has 0 aliphatic carbocycles. The van der Waals surface area contributed by atoms with E-state index in [9.17, 15) is 4.79 Å². The molecule has 0 aliphatic rings. The molecule has 6 nitrogen and oxygen atoms in total. The molecule has 0 saturated carbocycles. The maximum Gasteiger partial charge on any atom is 0.250 e. The molecule has 148 valence electrons. The highest BCUT2D eigenvalue weighted by Crippen LogP contribution is 2.31. The van der Waals surface area contributed by atoms with Gasteiger partial charge < -0.3 is 0 Å². The third kappa shape index (κ3) is 3.44. The summed E-state index contributed by atoms with van der Waals surface area (Å²) in [5, 5.41) is 9.03. The summed E-state index contributed by atoms with van der Waals surface area (Å²) in [5.74, 6) is -0.0776. The van der Waals surface area contributed by atoms with Crippen molar-refractivity contribution in [2.45, 2.75) is 20.0 Å². The molecule has 0 spiro atoms. The molecule has 7 heteroatoms. The molecule has 3 aromatic carbocycles. The van der Waals surface area contributed by atoms with Gasteiger partial charge in [-0.05, 0) is 36.2 Å². The molecule has 0 radical (unpaired) electrons. The Morgan fingerprint density at radius 3 is 2.63 bits per heavy atom. The predicted molar refractivity (Wildman–Crippen MR) is 120 cm³/mol. The van der Waals surface area contributed by atoms with Gasteiger partial charge in [-0.25, -0.2) is 9.67 Å². The van der Waals surface area contributed by atoms with Crippen molar-refractivity contribution in [2.75, 3.05) is 4.90 Å². The van der Waals surface area contributed by atoms with Crippen molar-refractivity contribution in [3.8, 4) is 0 Å². The molecule has 5 aromatic rings. The van der Waals surface area contributed by atoms with Crippen LogP contribution in [0.5, 0.6) is 0 Å². The minimum absolute atomic E-state index is 0.0776. The summed E-state index contributed by atoms with van der Waals surface area (Å²) in [7, 11) is 0. The normalized spacial score (nSPS) is 11.2. The van der Waals surface area contributed by atoms with Crippen molar-refractivity contribution in [1.29, 1.82) is 0 Å². The minimum atomic E-state index is -0.0776. The van der Waals surface area contributed by atoms with Crippen LogP contribution in [0.4, 0.5) is 5.13 Å². The summed E-state index contributed by atoms with van der Waals surface area (Å²) in [6, 6.07) is 23.7. The Morgan fingerprint density at radius 1 is 1.00 bits per heavy atom. The SMILES string of the molecule is Cc1cccc2sc(N(Cc3ccccc3)C(=O)Cn3nnc4ccccc43)nc12. The number of carbonyl (C=O) groups is 1. The first-order chi connectivity index (χ1) is 14.7. The molecule has 0 aliphatic heterocycles. The molecule has 0 N–H and O–H groups in total. The van der Waals surface area contributed by atoms with E-state index in [1.165, 1.54) is 11.3 Å². The Hall–Kier alpha value is -3.58. The second-order valence-corrected chi connectivity index (χ2v) is 8.13. The zero-order valence-corrected chi connectivity index (χ0v) is 17.2. The van der Waals surface area contributed by atoms with Gasteiger partial charge >= 0.3 is 0 Å². The molecule has 0 atom stereocenters. The fourth-order valence-electron chi connectivity index (χ4n) is 3.47. The summed E-state index contributed by atoms with van der Waals surface area (Å²) < 4.78 is 2.72. The van der Waals surface area contributed by atoms with Crippen LogP contribution in [0.3, 0.4) is 0 Å². The van der Waals surface area contributed by atoms with Gasteiger partial charge in [0.15, 0.2) is 5.13 Å². The molecular formula is C23H19N5OS. The maximum absolute atomic E-state index is 13.4. The molecule has 2 heterocycles. The summed E-state index contributed by atoms with van der Waals surface area (Å²) >= 11 is 1.53. The Labute approximate surface area is 177 Å².